The Morgan fingerprint density at radius 1 is 0.500 bits per heavy atom. The molecular formula is C60H106O6. The molecule has 6 heteroatoms. The van der Waals surface area contributed by atoms with Crippen LogP contribution in [-0.4, -0.2) is 72.3 Å². The smallest absolute Gasteiger partial charge is 0.0701 e. The lowest BCUT2D eigenvalue weighted by atomic mass is 9.47. The van der Waals surface area contributed by atoms with E-state index < -0.39 is 0 Å². The number of hydrogen-bond acceptors (Lipinski definition) is 6. The lowest BCUT2D eigenvalue weighted by Crippen LogP contribution is -2.50. The zero-order valence-electron chi connectivity index (χ0n) is 44.6. The van der Waals surface area contributed by atoms with Crippen molar-refractivity contribution in [3.63, 3.8) is 0 Å². The number of ether oxygens (including phenoxy) is 2. The summed E-state index contributed by atoms with van der Waals surface area (Å²) in [6, 6.07) is 0. The molecule has 0 heterocycles. The van der Waals surface area contributed by atoms with Crippen LogP contribution >= 0.6 is 0 Å². The van der Waals surface area contributed by atoms with E-state index in [4.69, 9.17) is 19.7 Å². The van der Waals surface area contributed by atoms with Gasteiger partial charge in [0.15, 0.2) is 0 Å². The van der Waals surface area contributed by atoms with Gasteiger partial charge in [0, 0.05) is 0 Å². The molecule has 8 aliphatic rings. The second-order valence-electron chi connectivity index (χ2n) is 26.0. The topological polar surface area (TPSA) is 99.4 Å². The van der Waals surface area contributed by atoms with Crippen molar-refractivity contribution >= 4 is 0 Å². The summed E-state index contributed by atoms with van der Waals surface area (Å²) in [5.41, 5.74) is 5.21. The van der Waals surface area contributed by atoms with Crippen LogP contribution in [-0.2, 0) is 9.47 Å². The molecule has 4 N–H and O–H groups in total. The van der Waals surface area contributed by atoms with Crippen LogP contribution < -0.4 is 0 Å². The Kier molecular flexibility index (Phi) is 19.9. The van der Waals surface area contributed by atoms with E-state index in [9.17, 15) is 10.2 Å². The van der Waals surface area contributed by atoms with Crippen molar-refractivity contribution in [1.82, 2.24) is 0 Å². The van der Waals surface area contributed by atoms with Crippen molar-refractivity contribution < 1.29 is 29.9 Å². The highest BCUT2D eigenvalue weighted by molar-refractivity contribution is 5.27. The van der Waals surface area contributed by atoms with E-state index in [2.05, 4.69) is 81.4 Å². The van der Waals surface area contributed by atoms with E-state index in [0.29, 0.717) is 48.1 Å². The van der Waals surface area contributed by atoms with Gasteiger partial charge in [0.25, 0.3) is 0 Å². The van der Waals surface area contributed by atoms with Crippen molar-refractivity contribution in [3.8, 4) is 0 Å². The van der Waals surface area contributed by atoms with Gasteiger partial charge in [0.2, 0.25) is 0 Å². The molecular weight excluding hydrogens is 817 g/mol. The Morgan fingerprint density at radius 2 is 0.894 bits per heavy atom. The number of hydrogen-bond donors (Lipinski definition) is 4. The molecule has 0 aromatic rings. The molecule has 8 rings (SSSR count). The molecule has 6 nitrogen and oxygen atoms in total. The van der Waals surface area contributed by atoms with Crippen molar-refractivity contribution in [2.45, 2.75) is 223 Å². The van der Waals surface area contributed by atoms with Crippen LogP contribution in [0.2, 0.25) is 0 Å². The fourth-order valence-corrected chi connectivity index (χ4v) is 17.8. The van der Waals surface area contributed by atoms with Crippen LogP contribution in [0.3, 0.4) is 0 Å². The molecule has 6 saturated carbocycles. The highest BCUT2D eigenvalue weighted by atomic mass is 16.5. The highest BCUT2D eigenvalue weighted by Crippen LogP contribution is 2.69. The zero-order chi connectivity index (χ0) is 47.9. The Bertz CT molecular complexity index is 1430. The van der Waals surface area contributed by atoms with Gasteiger partial charge < -0.3 is 29.9 Å². The van der Waals surface area contributed by atoms with Gasteiger partial charge in [-0.1, -0.05) is 131 Å². The maximum atomic E-state index is 10.2. The lowest BCUT2D eigenvalue weighted by molar-refractivity contribution is -0.0573. The Balaban J connectivity index is 0.000000182. The van der Waals surface area contributed by atoms with E-state index in [1.807, 2.05) is 0 Å². The van der Waals surface area contributed by atoms with Gasteiger partial charge >= 0.3 is 0 Å². The van der Waals surface area contributed by atoms with Crippen molar-refractivity contribution in [2.24, 2.45) is 92.7 Å². The average Bonchev–Trinajstić information content (AvgIpc) is 3.82. The van der Waals surface area contributed by atoms with Crippen LogP contribution in [0.4, 0.5) is 0 Å². The molecule has 8 aliphatic carbocycles. The minimum atomic E-state index is -0.0766. The molecule has 0 saturated heterocycles. The molecule has 0 aromatic heterocycles. The first kappa shape index (κ1) is 54.6. The highest BCUT2D eigenvalue weighted by Gasteiger charge is 2.60. The third-order valence-corrected chi connectivity index (χ3v) is 21.4. The van der Waals surface area contributed by atoms with Gasteiger partial charge in [0.1, 0.15) is 0 Å². The van der Waals surface area contributed by atoms with E-state index in [-0.39, 0.29) is 25.4 Å². The van der Waals surface area contributed by atoms with Crippen LogP contribution in [0.1, 0.15) is 210 Å². The fraction of sp³-hybridized carbons (Fsp3) is 0.933. The summed E-state index contributed by atoms with van der Waals surface area (Å²) >= 11 is 0. The van der Waals surface area contributed by atoms with E-state index in [1.54, 1.807) is 11.1 Å². The number of allylic oxidation sites excluding steroid dienone is 2. The van der Waals surface area contributed by atoms with E-state index in [1.165, 1.54) is 116 Å². The number of fused-ring (bicyclic) bond motifs is 10. The Hall–Kier alpha value is -0.760. The second kappa shape index (κ2) is 24.1. The summed E-state index contributed by atoms with van der Waals surface area (Å²) in [5.74, 6) is 10.9. The monoisotopic (exact) mass is 923 g/mol. The van der Waals surface area contributed by atoms with Gasteiger partial charge in [-0.05, 0) is 195 Å². The standard InChI is InChI=1S/2C27H46O.C6H14O4/c2*1-18(2)7-6-8-19(3)23-11-12-24-22-10-9-20-17-21(28)13-15-26(20,4)25(22)14-16-27(23,24)5;7-1-3-9-5-6-10-4-2-8/h2*9,18-19,21-25,28H,6-8,10-17H2,1-5H3;7-8H,1-6H2/t2*19?,21-,22-,23+,24-,25-,26-,27+;/m00./s1. The largest absolute Gasteiger partial charge is 0.394 e. The third kappa shape index (κ3) is 12.1. The lowest BCUT2D eigenvalue weighted by Gasteiger charge is -2.58. The molecule has 0 aliphatic heterocycles. The molecule has 2 unspecified atom stereocenters. The minimum absolute atomic E-state index is 0.0417. The number of aliphatic hydroxyl groups is 4. The molecule has 0 aromatic carbocycles. The molecule has 0 amide bonds. The number of aliphatic hydroxyl groups excluding tert-OH is 4. The van der Waals surface area contributed by atoms with E-state index >= 15 is 0 Å². The predicted octanol–water partition coefficient (Wildman–Crippen LogP) is 13.8. The molecule has 66 heavy (non-hydrogen) atoms. The zero-order valence-corrected chi connectivity index (χ0v) is 44.6. The summed E-state index contributed by atoms with van der Waals surface area (Å²) in [6.45, 7) is 26.9. The summed E-state index contributed by atoms with van der Waals surface area (Å²) in [4.78, 5) is 0. The molecule has 0 spiro atoms. The van der Waals surface area contributed by atoms with Gasteiger partial charge in [-0.3, -0.25) is 0 Å². The van der Waals surface area contributed by atoms with Crippen LogP contribution in [0.15, 0.2) is 23.3 Å². The predicted molar refractivity (Wildman–Crippen MR) is 274 cm³/mol. The Labute approximate surface area is 406 Å². The first-order chi connectivity index (χ1) is 31.4. The SMILES string of the molecule is CC(C)CCCC(C)[C@H]1CC[C@H]2[C@@H]3CC=C4C[C@@H](O)CC[C@]4(C)[C@H]3CC[C@]12C.CC(C)CCCC(C)[C@H]1CC[C@H]2[C@@H]3CC=C4C[C@@H](O)CC[C@]4(C)[C@H]3CC[C@]12C.OCCOCCOCCO. The summed E-state index contributed by atoms with van der Waals surface area (Å²) < 4.78 is 9.75. The molecule has 382 valence electrons. The van der Waals surface area contributed by atoms with Gasteiger partial charge in [-0.25, -0.2) is 0 Å². The maximum absolute atomic E-state index is 10.2. The van der Waals surface area contributed by atoms with Gasteiger partial charge in [-0.15, -0.1) is 0 Å². The summed E-state index contributed by atoms with van der Waals surface area (Å²) in [6.07, 6.45) is 34.3. The molecule has 0 bridgehead atoms. The van der Waals surface area contributed by atoms with E-state index in [0.717, 1.165) is 96.7 Å². The summed E-state index contributed by atoms with van der Waals surface area (Å²) in [5, 5.41) is 36.9. The van der Waals surface area contributed by atoms with Crippen LogP contribution in [0, 0.1) is 92.7 Å². The van der Waals surface area contributed by atoms with Crippen LogP contribution in [0.5, 0.6) is 0 Å². The molecule has 0 radical (unpaired) electrons. The van der Waals surface area contributed by atoms with Crippen LogP contribution in [0.25, 0.3) is 0 Å². The molecule has 16 atom stereocenters. The third-order valence-electron chi connectivity index (χ3n) is 21.4. The Morgan fingerprint density at radius 3 is 1.26 bits per heavy atom. The first-order valence-corrected chi connectivity index (χ1v) is 28.5. The number of rotatable bonds is 17. The maximum Gasteiger partial charge on any atom is 0.0701 e. The second-order valence-corrected chi connectivity index (χ2v) is 26.0. The summed E-state index contributed by atoms with van der Waals surface area (Å²) in [7, 11) is 0. The van der Waals surface area contributed by atoms with Crippen molar-refractivity contribution in [2.75, 3.05) is 39.6 Å². The van der Waals surface area contributed by atoms with Gasteiger partial charge in [0.05, 0.1) is 51.8 Å². The normalized spacial score (nSPS) is 41.0. The molecule has 6 fully saturated rings. The van der Waals surface area contributed by atoms with Gasteiger partial charge in [-0.2, -0.15) is 0 Å². The fourth-order valence-electron chi connectivity index (χ4n) is 17.8. The quantitative estimate of drug-likeness (QED) is 0.0857. The van der Waals surface area contributed by atoms with Crippen molar-refractivity contribution in [3.05, 3.63) is 23.3 Å². The average molecular weight is 924 g/mol. The minimum Gasteiger partial charge on any atom is -0.394 e. The first-order valence-electron chi connectivity index (χ1n) is 28.5. The van der Waals surface area contributed by atoms with Crippen molar-refractivity contribution in [1.29, 1.82) is 0 Å².